The molecule has 0 amide bonds. The summed E-state index contributed by atoms with van der Waals surface area (Å²) in [6.07, 6.45) is 4.53. The van der Waals surface area contributed by atoms with E-state index >= 15 is 0 Å². The van der Waals surface area contributed by atoms with Crippen molar-refractivity contribution < 1.29 is 17.9 Å². The summed E-state index contributed by atoms with van der Waals surface area (Å²) in [4.78, 5) is 13.9. The van der Waals surface area contributed by atoms with Gasteiger partial charge in [-0.2, -0.15) is 22.0 Å². The minimum absolute atomic E-state index is 0.113. The molecule has 0 aromatic carbocycles. The molecule has 0 N–H and O–H groups in total. The normalized spacial score (nSPS) is 27.5. The average Bonchev–Trinajstić information content (AvgIpc) is 2.69. The summed E-state index contributed by atoms with van der Waals surface area (Å²) in [5.74, 6) is 0. The van der Waals surface area contributed by atoms with Crippen LogP contribution >= 0.6 is 0 Å². The number of rotatable bonds is 3. The van der Waals surface area contributed by atoms with Gasteiger partial charge in [-0.05, 0) is 12.8 Å². The van der Waals surface area contributed by atoms with Gasteiger partial charge >= 0.3 is 0 Å². The molecule has 7 nitrogen and oxygen atoms in total. The molecule has 0 aromatic rings. The average molecular weight is 289 g/mol. The van der Waals surface area contributed by atoms with Crippen molar-refractivity contribution in [3.05, 3.63) is 0 Å². The van der Waals surface area contributed by atoms with Gasteiger partial charge in [0.15, 0.2) is 6.17 Å². The molecule has 108 valence electrons. The van der Waals surface area contributed by atoms with Crippen LogP contribution in [0.25, 0.3) is 0 Å². The number of isocyanates is 1. The van der Waals surface area contributed by atoms with Gasteiger partial charge in [0, 0.05) is 19.6 Å². The second-order valence-electron chi connectivity index (χ2n) is 4.71. The quantitative estimate of drug-likeness (QED) is 0.545. The lowest BCUT2D eigenvalue weighted by molar-refractivity contribution is 0.0330. The highest BCUT2D eigenvalue weighted by Gasteiger charge is 2.37. The van der Waals surface area contributed by atoms with E-state index in [1.807, 2.05) is 0 Å². The van der Waals surface area contributed by atoms with Crippen molar-refractivity contribution in [2.24, 2.45) is 4.99 Å². The van der Waals surface area contributed by atoms with E-state index in [4.69, 9.17) is 4.74 Å². The molecule has 0 spiro atoms. The molecule has 0 aromatic heterocycles. The highest BCUT2D eigenvalue weighted by molar-refractivity contribution is 7.86. The molecule has 2 fully saturated rings. The van der Waals surface area contributed by atoms with Crippen molar-refractivity contribution in [1.29, 1.82) is 0 Å². The smallest absolute Gasteiger partial charge is 0.284 e. The van der Waals surface area contributed by atoms with Gasteiger partial charge in [-0.1, -0.05) is 12.8 Å². The Morgan fingerprint density at radius 2 is 1.79 bits per heavy atom. The zero-order chi connectivity index (χ0) is 13.7. The van der Waals surface area contributed by atoms with Crippen molar-refractivity contribution in [3.63, 3.8) is 0 Å². The van der Waals surface area contributed by atoms with Crippen LogP contribution in [0.2, 0.25) is 0 Å². The summed E-state index contributed by atoms with van der Waals surface area (Å²) in [6, 6.07) is 0. The number of hydrogen-bond donors (Lipinski definition) is 0. The van der Waals surface area contributed by atoms with Crippen LogP contribution in [-0.4, -0.2) is 62.1 Å². The third-order valence-corrected chi connectivity index (χ3v) is 5.48. The first kappa shape index (κ1) is 14.6. The third kappa shape index (κ3) is 3.40. The minimum Gasteiger partial charge on any atom is -0.376 e. The first-order valence-electron chi connectivity index (χ1n) is 6.58. The van der Waals surface area contributed by atoms with Crippen molar-refractivity contribution in [2.75, 3.05) is 32.8 Å². The van der Waals surface area contributed by atoms with E-state index in [1.54, 1.807) is 0 Å². The van der Waals surface area contributed by atoms with Gasteiger partial charge in [-0.15, -0.1) is 0 Å². The zero-order valence-electron chi connectivity index (χ0n) is 10.8. The molecule has 2 saturated heterocycles. The van der Waals surface area contributed by atoms with E-state index in [2.05, 4.69) is 4.99 Å². The number of hydrogen-bond acceptors (Lipinski definition) is 5. The Bertz CT molecular complexity index is 439. The van der Waals surface area contributed by atoms with Crippen molar-refractivity contribution in [3.8, 4) is 0 Å². The molecule has 0 saturated carbocycles. The molecule has 2 heterocycles. The topological polar surface area (TPSA) is 79.3 Å². The highest BCUT2D eigenvalue weighted by Crippen LogP contribution is 2.20. The van der Waals surface area contributed by atoms with Gasteiger partial charge in [-0.25, -0.2) is 4.79 Å². The molecular formula is C11H19N3O4S. The second kappa shape index (κ2) is 6.58. The fraction of sp³-hybridized carbons (Fsp3) is 0.909. The minimum atomic E-state index is -3.57. The monoisotopic (exact) mass is 289 g/mol. The third-order valence-electron chi connectivity index (χ3n) is 3.44. The first-order chi connectivity index (χ1) is 9.16. The van der Waals surface area contributed by atoms with Crippen LogP contribution in [0.4, 0.5) is 0 Å². The van der Waals surface area contributed by atoms with Crippen LogP contribution in [0.5, 0.6) is 0 Å². The number of ether oxygens (including phenoxy) is 1. The Kier molecular flexibility index (Phi) is 5.06. The zero-order valence-corrected chi connectivity index (χ0v) is 11.6. The molecule has 0 radical (unpaired) electrons. The van der Waals surface area contributed by atoms with Gasteiger partial charge in [0.2, 0.25) is 6.08 Å². The summed E-state index contributed by atoms with van der Waals surface area (Å²) in [7, 11) is -3.57. The van der Waals surface area contributed by atoms with Gasteiger partial charge < -0.3 is 4.74 Å². The largest absolute Gasteiger partial charge is 0.376 e. The lowest BCUT2D eigenvalue weighted by Gasteiger charge is -2.34. The predicted molar refractivity (Wildman–Crippen MR) is 68.4 cm³/mol. The molecule has 2 aliphatic heterocycles. The van der Waals surface area contributed by atoms with Crippen molar-refractivity contribution in [2.45, 2.75) is 31.8 Å². The molecule has 1 unspecified atom stereocenters. The molecule has 2 rings (SSSR count). The Labute approximate surface area is 113 Å². The van der Waals surface area contributed by atoms with Crippen LogP contribution < -0.4 is 0 Å². The summed E-state index contributed by atoms with van der Waals surface area (Å²) in [6.45, 7) is 1.75. The molecular weight excluding hydrogens is 270 g/mol. The maximum Gasteiger partial charge on any atom is 0.284 e. The number of morpholine rings is 1. The Balaban J connectivity index is 2.17. The maximum absolute atomic E-state index is 12.6. The van der Waals surface area contributed by atoms with Crippen molar-refractivity contribution >= 4 is 16.3 Å². The SMILES string of the molecule is O=C=NC1COCCN1S(=O)(=O)N1CCCCCC1. The van der Waals surface area contributed by atoms with Crippen LogP contribution in [0.15, 0.2) is 4.99 Å². The van der Waals surface area contributed by atoms with Crippen LogP contribution in [0, 0.1) is 0 Å². The standard InChI is InChI=1S/C11H19N3O4S/c15-10-12-11-9-18-8-7-14(11)19(16,17)13-5-3-1-2-4-6-13/h11H,1-9H2. The van der Waals surface area contributed by atoms with E-state index < -0.39 is 16.4 Å². The predicted octanol–water partition coefficient (Wildman–Crippen LogP) is 0.101. The van der Waals surface area contributed by atoms with E-state index in [0.717, 1.165) is 25.7 Å². The molecule has 0 bridgehead atoms. The summed E-state index contributed by atoms with van der Waals surface area (Å²) in [5.41, 5.74) is 0. The van der Waals surface area contributed by atoms with Gasteiger partial charge in [0.25, 0.3) is 10.2 Å². The summed E-state index contributed by atoms with van der Waals surface area (Å²) in [5, 5.41) is 0. The van der Waals surface area contributed by atoms with E-state index in [1.165, 1.54) is 14.7 Å². The fourth-order valence-electron chi connectivity index (χ4n) is 2.43. The van der Waals surface area contributed by atoms with E-state index in [9.17, 15) is 13.2 Å². The molecule has 2 aliphatic rings. The molecule has 1 atom stereocenters. The first-order valence-corrected chi connectivity index (χ1v) is 7.97. The summed E-state index contributed by atoms with van der Waals surface area (Å²) < 4.78 is 33.1. The number of nitrogens with zero attached hydrogens (tertiary/aromatic N) is 3. The maximum atomic E-state index is 12.6. The van der Waals surface area contributed by atoms with Gasteiger partial charge in [0.05, 0.1) is 13.2 Å². The van der Waals surface area contributed by atoms with Gasteiger partial charge in [0.1, 0.15) is 0 Å². The number of carbonyl (C=O) groups excluding carboxylic acids is 1. The van der Waals surface area contributed by atoms with Crippen molar-refractivity contribution in [1.82, 2.24) is 8.61 Å². The molecule has 8 heteroatoms. The Morgan fingerprint density at radius 3 is 2.42 bits per heavy atom. The van der Waals surface area contributed by atoms with E-state index in [0.29, 0.717) is 19.7 Å². The Morgan fingerprint density at radius 1 is 1.11 bits per heavy atom. The van der Waals surface area contributed by atoms with Gasteiger partial charge in [-0.3, -0.25) is 0 Å². The second-order valence-corrected chi connectivity index (χ2v) is 6.59. The molecule has 19 heavy (non-hydrogen) atoms. The lowest BCUT2D eigenvalue weighted by Crippen LogP contribution is -2.53. The van der Waals surface area contributed by atoms with Crippen LogP contribution in [0.3, 0.4) is 0 Å². The summed E-state index contributed by atoms with van der Waals surface area (Å²) >= 11 is 0. The van der Waals surface area contributed by atoms with Crippen LogP contribution in [-0.2, 0) is 19.7 Å². The van der Waals surface area contributed by atoms with Crippen LogP contribution in [0.1, 0.15) is 25.7 Å². The lowest BCUT2D eigenvalue weighted by atomic mass is 10.2. The fourth-order valence-corrected chi connectivity index (χ4v) is 4.16. The highest BCUT2D eigenvalue weighted by atomic mass is 32.2. The number of aliphatic imine (C=N–C) groups is 1. The Hall–Kier alpha value is -0.790. The van der Waals surface area contributed by atoms with E-state index in [-0.39, 0.29) is 13.2 Å². The molecule has 0 aliphatic carbocycles.